The first kappa shape index (κ1) is 13.4. The molecule has 0 bridgehead atoms. The molecule has 1 nitrogen and oxygen atoms in total. The Labute approximate surface area is 91.8 Å². The average molecular weight is 215 g/mol. The van der Waals surface area contributed by atoms with E-state index < -0.39 is 0 Å². The predicted octanol–water partition coefficient (Wildman–Crippen LogP) is 4.08. The summed E-state index contributed by atoms with van der Waals surface area (Å²) in [6, 6.07) is 0. The minimum atomic E-state index is -0.279. The van der Waals surface area contributed by atoms with Gasteiger partial charge in [0.25, 0.3) is 0 Å². The van der Waals surface area contributed by atoms with Crippen LogP contribution in [0, 0.1) is 5.41 Å². The third kappa shape index (κ3) is 5.98. The van der Waals surface area contributed by atoms with Crippen molar-refractivity contribution in [1.29, 1.82) is 0 Å². The van der Waals surface area contributed by atoms with Crippen molar-refractivity contribution < 1.29 is 4.79 Å². The quantitative estimate of drug-likeness (QED) is 0.509. The molecule has 0 aromatic rings. The van der Waals surface area contributed by atoms with Crippen LogP contribution in [0.3, 0.4) is 0 Å². The molecule has 80 valence electrons. The Balaban J connectivity index is 4.24. The Hall–Kier alpha value is -0.560. The number of halogens is 1. The molecule has 0 aromatic carbocycles. The molecular formula is C12H19ClO. The number of hydrogen-bond acceptors (Lipinski definition) is 1. The molecule has 0 fully saturated rings. The van der Waals surface area contributed by atoms with Gasteiger partial charge in [0.15, 0.2) is 0 Å². The Kier molecular flexibility index (Phi) is 5.14. The standard InChI is InChI=1S/C12H19ClO/c1-9(6-7-11(13)14)8-10(2)12(3,4)5/h8H,2,6-7H2,1,3-5H3. The summed E-state index contributed by atoms with van der Waals surface area (Å²) in [5, 5.41) is -0.279. The molecule has 0 saturated heterocycles. The second-order valence-electron chi connectivity index (χ2n) is 4.62. The summed E-state index contributed by atoms with van der Waals surface area (Å²) >= 11 is 5.26. The maximum atomic E-state index is 10.5. The smallest absolute Gasteiger partial charge is 0.221 e. The van der Waals surface area contributed by atoms with Gasteiger partial charge in [0.1, 0.15) is 0 Å². The van der Waals surface area contributed by atoms with Crippen LogP contribution in [0.4, 0.5) is 0 Å². The summed E-state index contributed by atoms with van der Waals surface area (Å²) in [6.45, 7) is 12.3. The number of rotatable bonds is 4. The van der Waals surface area contributed by atoms with Gasteiger partial charge in [-0.15, -0.1) is 0 Å². The van der Waals surface area contributed by atoms with Crippen LogP contribution < -0.4 is 0 Å². The van der Waals surface area contributed by atoms with Gasteiger partial charge in [-0.25, -0.2) is 0 Å². The Morgan fingerprint density at radius 3 is 2.21 bits per heavy atom. The van der Waals surface area contributed by atoms with Crippen LogP contribution in [-0.2, 0) is 4.79 Å². The van der Waals surface area contributed by atoms with Crippen molar-refractivity contribution in [1.82, 2.24) is 0 Å². The first-order valence-corrected chi connectivity index (χ1v) is 5.16. The molecule has 0 saturated carbocycles. The van der Waals surface area contributed by atoms with Gasteiger partial charge in [0.05, 0.1) is 0 Å². The number of allylic oxidation sites excluding steroid dienone is 3. The second-order valence-corrected chi connectivity index (χ2v) is 5.04. The van der Waals surface area contributed by atoms with Gasteiger partial charge in [-0.3, -0.25) is 4.79 Å². The van der Waals surface area contributed by atoms with E-state index in [1.807, 2.05) is 13.0 Å². The molecule has 14 heavy (non-hydrogen) atoms. The number of carbonyl (C=O) groups is 1. The van der Waals surface area contributed by atoms with E-state index in [-0.39, 0.29) is 10.7 Å². The van der Waals surface area contributed by atoms with Gasteiger partial charge in [-0.1, -0.05) is 39.0 Å². The minimum absolute atomic E-state index is 0.0895. The van der Waals surface area contributed by atoms with Crippen LogP contribution in [0.5, 0.6) is 0 Å². The molecule has 0 heterocycles. The molecule has 0 N–H and O–H groups in total. The van der Waals surface area contributed by atoms with E-state index in [2.05, 4.69) is 27.4 Å². The highest BCUT2D eigenvalue weighted by atomic mass is 35.5. The van der Waals surface area contributed by atoms with Gasteiger partial charge in [-0.05, 0) is 35.9 Å². The van der Waals surface area contributed by atoms with Crippen molar-refractivity contribution in [3.05, 3.63) is 23.8 Å². The topological polar surface area (TPSA) is 17.1 Å². The summed E-state index contributed by atoms with van der Waals surface area (Å²) in [5.74, 6) is 0. The van der Waals surface area contributed by atoms with Crippen LogP contribution in [0.1, 0.15) is 40.5 Å². The Morgan fingerprint density at radius 2 is 1.86 bits per heavy atom. The normalized spacial score (nSPS) is 12.8. The Morgan fingerprint density at radius 1 is 1.36 bits per heavy atom. The lowest BCUT2D eigenvalue weighted by atomic mass is 9.86. The highest BCUT2D eigenvalue weighted by Crippen LogP contribution is 2.26. The average Bonchev–Trinajstić information content (AvgIpc) is 1.99. The van der Waals surface area contributed by atoms with E-state index in [0.29, 0.717) is 6.42 Å². The molecular weight excluding hydrogens is 196 g/mol. The fraction of sp³-hybridized carbons (Fsp3) is 0.583. The van der Waals surface area contributed by atoms with Gasteiger partial charge in [0.2, 0.25) is 5.24 Å². The van der Waals surface area contributed by atoms with E-state index >= 15 is 0 Å². The van der Waals surface area contributed by atoms with E-state index in [9.17, 15) is 4.79 Å². The number of hydrogen-bond donors (Lipinski definition) is 0. The van der Waals surface area contributed by atoms with Crippen molar-refractivity contribution >= 4 is 16.8 Å². The molecule has 0 aromatic heterocycles. The molecule has 0 spiro atoms. The summed E-state index contributed by atoms with van der Waals surface area (Å²) < 4.78 is 0. The van der Waals surface area contributed by atoms with E-state index in [1.54, 1.807) is 0 Å². The summed E-state index contributed by atoms with van der Waals surface area (Å²) in [6.07, 6.45) is 3.17. The van der Waals surface area contributed by atoms with Gasteiger partial charge < -0.3 is 0 Å². The van der Waals surface area contributed by atoms with Crippen LogP contribution in [0.25, 0.3) is 0 Å². The molecule has 0 amide bonds. The third-order valence-corrected chi connectivity index (χ3v) is 2.29. The molecule has 0 atom stereocenters. The van der Waals surface area contributed by atoms with E-state index in [0.717, 1.165) is 17.6 Å². The van der Waals surface area contributed by atoms with Crippen molar-refractivity contribution in [3.63, 3.8) is 0 Å². The molecule has 0 aliphatic rings. The van der Waals surface area contributed by atoms with Crippen LogP contribution in [0.2, 0.25) is 0 Å². The van der Waals surface area contributed by atoms with Crippen molar-refractivity contribution in [3.8, 4) is 0 Å². The van der Waals surface area contributed by atoms with Crippen molar-refractivity contribution in [2.24, 2.45) is 5.41 Å². The molecule has 0 radical (unpaired) electrons. The van der Waals surface area contributed by atoms with E-state index in [4.69, 9.17) is 11.6 Å². The molecule has 0 unspecified atom stereocenters. The maximum absolute atomic E-state index is 10.5. The SMILES string of the molecule is C=C(C=C(C)CCC(=O)Cl)C(C)(C)C. The zero-order chi connectivity index (χ0) is 11.4. The monoisotopic (exact) mass is 214 g/mol. The maximum Gasteiger partial charge on any atom is 0.221 e. The fourth-order valence-corrected chi connectivity index (χ4v) is 0.976. The highest BCUT2D eigenvalue weighted by Gasteiger charge is 2.12. The van der Waals surface area contributed by atoms with Crippen molar-refractivity contribution in [2.45, 2.75) is 40.5 Å². The van der Waals surface area contributed by atoms with Crippen molar-refractivity contribution in [2.75, 3.05) is 0 Å². The van der Waals surface area contributed by atoms with Crippen LogP contribution in [-0.4, -0.2) is 5.24 Å². The van der Waals surface area contributed by atoms with Gasteiger partial charge in [0, 0.05) is 6.42 Å². The zero-order valence-electron chi connectivity index (χ0n) is 9.48. The largest absolute Gasteiger partial charge is 0.281 e. The molecule has 0 aliphatic carbocycles. The van der Waals surface area contributed by atoms with Gasteiger partial charge >= 0.3 is 0 Å². The Bertz CT molecular complexity index is 256. The van der Waals surface area contributed by atoms with Gasteiger partial charge in [-0.2, -0.15) is 0 Å². The molecule has 0 aliphatic heterocycles. The fourth-order valence-electron chi connectivity index (χ4n) is 0.882. The summed E-state index contributed by atoms with van der Waals surface area (Å²) in [4.78, 5) is 10.5. The van der Waals surface area contributed by atoms with E-state index in [1.165, 1.54) is 0 Å². The lowest BCUT2D eigenvalue weighted by Gasteiger charge is -2.19. The molecule has 0 rings (SSSR count). The van der Waals surface area contributed by atoms with Crippen LogP contribution in [0.15, 0.2) is 23.8 Å². The molecule has 2 heteroatoms. The lowest BCUT2D eigenvalue weighted by molar-refractivity contribution is -0.111. The highest BCUT2D eigenvalue weighted by molar-refractivity contribution is 6.63. The minimum Gasteiger partial charge on any atom is -0.281 e. The number of carbonyl (C=O) groups excluding carboxylic acids is 1. The summed E-state index contributed by atoms with van der Waals surface area (Å²) in [5.41, 5.74) is 2.32. The second kappa shape index (κ2) is 5.35. The first-order chi connectivity index (χ1) is 6.23. The van der Waals surface area contributed by atoms with Crippen LogP contribution >= 0.6 is 11.6 Å². The summed E-state index contributed by atoms with van der Waals surface area (Å²) in [7, 11) is 0. The first-order valence-electron chi connectivity index (χ1n) is 4.78. The predicted molar refractivity (Wildman–Crippen MR) is 62.4 cm³/mol. The lowest BCUT2D eigenvalue weighted by Crippen LogP contribution is -2.06. The third-order valence-electron chi connectivity index (χ3n) is 2.10. The zero-order valence-corrected chi connectivity index (χ0v) is 10.2.